The molecule has 0 fully saturated rings. The van der Waals surface area contributed by atoms with Gasteiger partial charge in [-0.15, -0.1) is 0 Å². The summed E-state index contributed by atoms with van der Waals surface area (Å²) in [6.45, 7) is 2.10. The quantitative estimate of drug-likeness (QED) is 0.641. The van der Waals surface area contributed by atoms with Crippen molar-refractivity contribution in [2.45, 2.75) is 37.2 Å². The van der Waals surface area contributed by atoms with E-state index in [4.69, 9.17) is 9.84 Å². The van der Waals surface area contributed by atoms with Gasteiger partial charge in [0, 0.05) is 12.0 Å². The van der Waals surface area contributed by atoms with Crippen LogP contribution in [-0.2, 0) is 14.3 Å². The van der Waals surface area contributed by atoms with Gasteiger partial charge in [0.2, 0.25) is 0 Å². The van der Waals surface area contributed by atoms with Gasteiger partial charge in [-0.1, -0.05) is 38.0 Å². The molecular weight excluding hydrogens is 264 g/mol. The number of thioether (sulfide) groups is 1. The molecule has 1 rings (SSSR count). The third kappa shape index (κ3) is 4.69. The Balaban J connectivity index is 2.93. The molecule has 1 atom stereocenters. The maximum absolute atomic E-state index is 11.3. The summed E-state index contributed by atoms with van der Waals surface area (Å²) in [6, 6.07) is 7.27. The number of carboxylic acids is 1. The molecule has 0 bridgehead atoms. The van der Waals surface area contributed by atoms with Gasteiger partial charge < -0.3 is 9.84 Å². The standard InChI is InChI=1S/C14H18O4S/c1-3-4-8-11(18-2)10-7-5-6-9-12(10)19-14(17)13(15)16/h5-7,9,11H,3-4,8H2,1-2H3,(H,15,16). The van der Waals surface area contributed by atoms with Crippen LogP contribution in [-0.4, -0.2) is 23.3 Å². The Bertz CT molecular complexity index is 445. The van der Waals surface area contributed by atoms with Crippen molar-refractivity contribution in [2.24, 2.45) is 0 Å². The van der Waals surface area contributed by atoms with Gasteiger partial charge >= 0.3 is 11.1 Å². The van der Waals surface area contributed by atoms with Crippen molar-refractivity contribution < 1.29 is 19.4 Å². The summed E-state index contributed by atoms with van der Waals surface area (Å²) in [5.41, 5.74) is 0.873. The topological polar surface area (TPSA) is 63.6 Å². The maximum Gasteiger partial charge on any atom is 0.383 e. The summed E-state index contributed by atoms with van der Waals surface area (Å²) >= 11 is 0.737. The number of hydrogen-bond donors (Lipinski definition) is 1. The first-order valence-corrected chi connectivity index (χ1v) is 6.98. The molecule has 5 heteroatoms. The molecule has 0 aromatic heterocycles. The molecule has 1 N–H and O–H groups in total. The van der Waals surface area contributed by atoms with Gasteiger partial charge in [0.15, 0.2) is 0 Å². The van der Waals surface area contributed by atoms with Crippen LogP contribution in [0.25, 0.3) is 0 Å². The van der Waals surface area contributed by atoms with Crippen LogP contribution >= 0.6 is 11.8 Å². The molecule has 0 saturated heterocycles. The number of benzene rings is 1. The van der Waals surface area contributed by atoms with Crippen LogP contribution in [0.15, 0.2) is 29.2 Å². The predicted molar refractivity (Wildman–Crippen MR) is 74.2 cm³/mol. The Labute approximate surface area is 117 Å². The molecule has 0 aliphatic rings. The third-order valence-corrected chi connectivity index (χ3v) is 3.70. The van der Waals surface area contributed by atoms with Crippen molar-refractivity contribution in [2.75, 3.05) is 7.11 Å². The summed E-state index contributed by atoms with van der Waals surface area (Å²) < 4.78 is 5.45. The fraction of sp³-hybridized carbons (Fsp3) is 0.429. The summed E-state index contributed by atoms with van der Waals surface area (Å²) in [4.78, 5) is 22.6. The number of rotatable bonds is 6. The van der Waals surface area contributed by atoms with Crippen LogP contribution in [0.1, 0.15) is 37.9 Å². The van der Waals surface area contributed by atoms with Gasteiger partial charge in [0.05, 0.1) is 6.10 Å². The van der Waals surface area contributed by atoms with Crippen LogP contribution in [0, 0.1) is 0 Å². The van der Waals surface area contributed by atoms with Crippen molar-refractivity contribution in [3.05, 3.63) is 29.8 Å². The Morgan fingerprint density at radius 3 is 2.63 bits per heavy atom. The summed E-state index contributed by atoms with van der Waals surface area (Å²) in [5, 5.41) is 7.79. The van der Waals surface area contributed by atoms with E-state index in [0.29, 0.717) is 4.90 Å². The second kappa shape index (κ2) is 7.96. The van der Waals surface area contributed by atoms with E-state index in [2.05, 4.69) is 6.92 Å². The fourth-order valence-corrected chi connectivity index (χ4v) is 2.52. The lowest BCUT2D eigenvalue weighted by Crippen LogP contribution is -2.09. The molecular formula is C14H18O4S. The van der Waals surface area contributed by atoms with Gasteiger partial charge in [-0.2, -0.15) is 0 Å². The van der Waals surface area contributed by atoms with Crippen LogP contribution < -0.4 is 0 Å². The Morgan fingerprint density at radius 2 is 2.05 bits per heavy atom. The van der Waals surface area contributed by atoms with Gasteiger partial charge in [-0.25, -0.2) is 4.79 Å². The number of carboxylic acid groups (broad SMARTS) is 1. The highest BCUT2D eigenvalue weighted by Gasteiger charge is 2.19. The number of methoxy groups -OCH3 is 1. The lowest BCUT2D eigenvalue weighted by molar-refractivity contribution is -0.144. The van der Waals surface area contributed by atoms with Crippen LogP contribution in [0.2, 0.25) is 0 Å². The molecule has 1 aromatic carbocycles. The molecule has 4 nitrogen and oxygen atoms in total. The number of carbonyl (C=O) groups is 2. The average molecular weight is 282 g/mol. The highest BCUT2D eigenvalue weighted by molar-refractivity contribution is 8.15. The number of aliphatic carboxylic acids is 1. The third-order valence-electron chi connectivity index (χ3n) is 2.75. The van der Waals surface area contributed by atoms with Gasteiger partial charge in [0.1, 0.15) is 0 Å². The van der Waals surface area contributed by atoms with Gasteiger partial charge in [0.25, 0.3) is 0 Å². The van der Waals surface area contributed by atoms with Crippen LogP contribution in [0.3, 0.4) is 0 Å². The monoisotopic (exact) mass is 282 g/mol. The molecule has 19 heavy (non-hydrogen) atoms. The van der Waals surface area contributed by atoms with Crippen LogP contribution in [0.5, 0.6) is 0 Å². The minimum atomic E-state index is -1.43. The largest absolute Gasteiger partial charge is 0.475 e. The van der Waals surface area contributed by atoms with E-state index in [1.165, 1.54) is 0 Å². The highest BCUT2D eigenvalue weighted by atomic mass is 32.2. The normalized spacial score (nSPS) is 12.1. The number of unbranched alkanes of at least 4 members (excludes halogenated alkanes) is 1. The lowest BCUT2D eigenvalue weighted by Gasteiger charge is -2.18. The molecule has 0 spiro atoms. The lowest BCUT2D eigenvalue weighted by atomic mass is 10.0. The molecule has 0 radical (unpaired) electrons. The van der Waals surface area contributed by atoms with E-state index in [0.717, 1.165) is 36.6 Å². The predicted octanol–water partition coefficient (Wildman–Crippen LogP) is 3.27. The smallest absolute Gasteiger partial charge is 0.383 e. The fourth-order valence-electron chi connectivity index (χ4n) is 1.77. The van der Waals surface area contributed by atoms with E-state index in [-0.39, 0.29) is 6.10 Å². The number of ether oxygens (including phenoxy) is 1. The van der Waals surface area contributed by atoms with Gasteiger partial charge in [-0.3, -0.25) is 4.79 Å². The van der Waals surface area contributed by atoms with Crippen molar-refractivity contribution in [3.63, 3.8) is 0 Å². The van der Waals surface area contributed by atoms with Crippen molar-refractivity contribution in [3.8, 4) is 0 Å². The first-order chi connectivity index (χ1) is 9.10. The summed E-state index contributed by atoms with van der Waals surface area (Å²) in [7, 11) is 1.63. The van der Waals surface area contributed by atoms with Crippen molar-refractivity contribution >= 4 is 22.8 Å². The SMILES string of the molecule is CCCCC(OC)c1ccccc1SC(=O)C(=O)O. The Morgan fingerprint density at radius 1 is 1.37 bits per heavy atom. The molecule has 0 amide bonds. The number of hydrogen-bond acceptors (Lipinski definition) is 4. The molecule has 0 heterocycles. The van der Waals surface area contributed by atoms with Crippen molar-refractivity contribution in [1.82, 2.24) is 0 Å². The van der Waals surface area contributed by atoms with E-state index < -0.39 is 11.1 Å². The van der Waals surface area contributed by atoms with E-state index in [9.17, 15) is 9.59 Å². The van der Waals surface area contributed by atoms with E-state index >= 15 is 0 Å². The molecule has 104 valence electrons. The molecule has 0 saturated carbocycles. The zero-order valence-electron chi connectivity index (χ0n) is 11.1. The maximum atomic E-state index is 11.3. The first kappa shape index (κ1) is 15.7. The molecule has 0 aliphatic carbocycles. The summed E-state index contributed by atoms with van der Waals surface area (Å²) in [5.74, 6) is -1.43. The number of carbonyl (C=O) groups excluding carboxylic acids is 1. The molecule has 1 unspecified atom stereocenters. The van der Waals surface area contributed by atoms with Crippen LogP contribution in [0.4, 0.5) is 0 Å². The second-order valence-electron chi connectivity index (χ2n) is 4.10. The average Bonchev–Trinajstić information content (AvgIpc) is 2.41. The van der Waals surface area contributed by atoms with E-state index in [1.54, 1.807) is 19.2 Å². The van der Waals surface area contributed by atoms with Gasteiger partial charge in [-0.05, 0) is 29.8 Å². The highest BCUT2D eigenvalue weighted by Crippen LogP contribution is 2.32. The zero-order chi connectivity index (χ0) is 14.3. The summed E-state index contributed by atoms with van der Waals surface area (Å²) in [6.07, 6.45) is 2.82. The molecule has 0 aliphatic heterocycles. The van der Waals surface area contributed by atoms with Crippen molar-refractivity contribution in [1.29, 1.82) is 0 Å². The Kier molecular flexibility index (Phi) is 6.59. The first-order valence-electron chi connectivity index (χ1n) is 6.17. The minimum absolute atomic E-state index is 0.106. The molecule has 1 aromatic rings. The minimum Gasteiger partial charge on any atom is -0.475 e. The zero-order valence-corrected chi connectivity index (χ0v) is 11.9. The second-order valence-corrected chi connectivity index (χ2v) is 5.11. The van der Waals surface area contributed by atoms with E-state index in [1.807, 2.05) is 12.1 Å². The Hall–Kier alpha value is -1.33.